The van der Waals surface area contributed by atoms with Gasteiger partial charge in [0.05, 0.1) is 11.6 Å². The van der Waals surface area contributed by atoms with Gasteiger partial charge in [-0.2, -0.15) is 0 Å². The van der Waals surface area contributed by atoms with Crippen molar-refractivity contribution in [3.8, 4) is 0 Å². The van der Waals surface area contributed by atoms with Gasteiger partial charge < -0.3 is 14.5 Å². The van der Waals surface area contributed by atoms with E-state index in [1.54, 1.807) is 18.2 Å². The molecule has 2 aliphatic rings. The molecule has 2 amide bonds. The molecule has 0 aliphatic carbocycles. The average molecular weight is 548 g/mol. The lowest BCUT2D eigenvalue weighted by atomic mass is 9.82. The van der Waals surface area contributed by atoms with Crippen molar-refractivity contribution in [1.82, 2.24) is 9.80 Å². The van der Waals surface area contributed by atoms with E-state index in [9.17, 15) is 18.4 Å². The highest BCUT2D eigenvalue weighted by atomic mass is 19.1. The van der Waals surface area contributed by atoms with Gasteiger partial charge in [0.1, 0.15) is 17.2 Å². The third-order valence-electron chi connectivity index (χ3n) is 8.15. The van der Waals surface area contributed by atoms with E-state index < -0.39 is 17.6 Å². The van der Waals surface area contributed by atoms with E-state index in [4.69, 9.17) is 4.74 Å². The fourth-order valence-corrected chi connectivity index (χ4v) is 5.80. The van der Waals surface area contributed by atoms with E-state index >= 15 is 0 Å². The van der Waals surface area contributed by atoms with Crippen LogP contribution >= 0.6 is 0 Å². The molecule has 2 aliphatic heterocycles. The zero-order valence-corrected chi connectivity index (χ0v) is 23.0. The molecular weight excluding hydrogens is 512 g/mol. The second-order valence-electron chi connectivity index (χ2n) is 10.8. The summed E-state index contributed by atoms with van der Waals surface area (Å²) < 4.78 is 33.6. The number of piperidine rings is 1. The van der Waals surface area contributed by atoms with Crippen molar-refractivity contribution in [2.45, 2.75) is 51.2 Å². The van der Waals surface area contributed by atoms with Crippen LogP contribution in [0, 0.1) is 18.6 Å². The van der Waals surface area contributed by atoms with Crippen molar-refractivity contribution in [3.05, 3.63) is 101 Å². The molecule has 3 aromatic rings. The smallest absolute Gasteiger partial charge is 0.412 e. The van der Waals surface area contributed by atoms with Crippen LogP contribution in [0.5, 0.6) is 0 Å². The number of nitrogens with zero attached hydrogens (tertiary/aromatic N) is 2. The molecule has 2 heterocycles. The maximum absolute atomic E-state index is 14.1. The molecule has 1 spiro atoms. The van der Waals surface area contributed by atoms with Gasteiger partial charge in [-0.25, -0.2) is 13.6 Å². The summed E-state index contributed by atoms with van der Waals surface area (Å²) in [4.78, 5) is 30.2. The minimum absolute atomic E-state index is 0.0138. The standard InChI is InChI=1S/C32H35F2N3O3/c1-3-37(21-23-6-4-22(2)5-7-23)30(38)27(24-8-10-25(33)11-9-24)14-17-36-18-15-32(16-19-36)28-20-26(34)12-13-29(28)35-31(39)40-32/h4-13,20,27H,3,14-19,21H2,1-2H3,(H,35,39). The molecule has 1 atom stereocenters. The van der Waals surface area contributed by atoms with Crippen molar-refractivity contribution in [2.75, 3.05) is 31.5 Å². The number of benzene rings is 3. The summed E-state index contributed by atoms with van der Waals surface area (Å²) in [6, 6.07) is 18.7. The fourth-order valence-electron chi connectivity index (χ4n) is 5.80. The number of halogens is 2. The van der Waals surface area contributed by atoms with Crippen LogP contribution in [-0.4, -0.2) is 48.0 Å². The number of aryl methyl sites for hydroxylation is 1. The zero-order chi connectivity index (χ0) is 28.3. The maximum Gasteiger partial charge on any atom is 0.412 e. The molecule has 40 heavy (non-hydrogen) atoms. The van der Waals surface area contributed by atoms with Crippen LogP contribution in [0.1, 0.15) is 54.4 Å². The highest BCUT2D eigenvalue weighted by Gasteiger charge is 2.44. The number of fused-ring (bicyclic) bond motifs is 2. The van der Waals surface area contributed by atoms with E-state index in [2.05, 4.69) is 10.2 Å². The Morgan fingerprint density at radius 1 is 1.02 bits per heavy atom. The zero-order valence-electron chi connectivity index (χ0n) is 23.0. The van der Waals surface area contributed by atoms with Gasteiger partial charge in [0.25, 0.3) is 0 Å². The Hall–Kier alpha value is -3.78. The molecule has 0 saturated carbocycles. The third-order valence-corrected chi connectivity index (χ3v) is 8.15. The molecule has 1 unspecified atom stereocenters. The number of nitrogens with one attached hydrogen (secondary N) is 1. The molecule has 3 aromatic carbocycles. The van der Waals surface area contributed by atoms with Crippen molar-refractivity contribution in [3.63, 3.8) is 0 Å². The largest absolute Gasteiger partial charge is 0.438 e. The van der Waals surface area contributed by atoms with Gasteiger partial charge in [0.2, 0.25) is 5.91 Å². The van der Waals surface area contributed by atoms with Gasteiger partial charge in [-0.3, -0.25) is 10.1 Å². The first kappa shape index (κ1) is 27.8. The third kappa shape index (κ3) is 6.02. The number of likely N-dealkylation sites (N-methyl/N-ethyl adjacent to an activating group) is 1. The fraction of sp³-hybridized carbons (Fsp3) is 0.375. The van der Waals surface area contributed by atoms with Crippen molar-refractivity contribution >= 4 is 17.7 Å². The van der Waals surface area contributed by atoms with Crippen LogP contribution in [0.3, 0.4) is 0 Å². The highest BCUT2D eigenvalue weighted by molar-refractivity contribution is 5.89. The molecule has 0 radical (unpaired) electrons. The summed E-state index contributed by atoms with van der Waals surface area (Å²) in [5, 5.41) is 2.67. The lowest BCUT2D eigenvalue weighted by Crippen LogP contribution is -2.48. The lowest BCUT2D eigenvalue weighted by Gasteiger charge is -2.44. The van der Waals surface area contributed by atoms with E-state index in [-0.39, 0.29) is 17.5 Å². The molecular formula is C32H35F2N3O3. The second kappa shape index (κ2) is 11.8. The van der Waals surface area contributed by atoms with E-state index in [0.717, 1.165) is 11.1 Å². The number of amides is 2. The van der Waals surface area contributed by atoms with Gasteiger partial charge in [0.15, 0.2) is 0 Å². The quantitative estimate of drug-likeness (QED) is 0.357. The van der Waals surface area contributed by atoms with Gasteiger partial charge in [-0.05, 0) is 68.3 Å². The van der Waals surface area contributed by atoms with Crippen LogP contribution < -0.4 is 5.32 Å². The monoisotopic (exact) mass is 547 g/mol. The van der Waals surface area contributed by atoms with Gasteiger partial charge in [-0.15, -0.1) is 0 Å². The van der Waals surface area contributed by atoms with Crippen LogP contribution in [-0.2, 0) is 21.7 Å². The van der Waals surface area contributed by atoms with Crippen LogP contribution in [0.2, 0.25) is 0 Å². The van der Waals surface area contributed by atoms with E-state index in [1.165, 1.54) is 29.8 Å². The number of hydrogen-bond acceptors (Lipinski definition) is 4. The Labute approximate surface area is 233 Å². The van der Waals surface area contributed by atoms with Crippen molar-refractivity contribution in [2.24, 2.45) is 0 Å². The Morgan fingerprint density at radius 2 is 1.70 bits per heavy atom. The van der Waals surface area contributed by atoms with Gasteiger partial charge in [0, 0.05) is 44.6 Å². The van der Waals surface area contributed by atoms with Crippen LogP contribution in [0.15, 0.2) is 66.7 Å². The number of likely N-dealkylation sites (tertiary alicyclic amines) is 1. The Kier molecular flexibility index (Phi) is 8.17. The number of rotatable bonds is 8. The molecule has 0 bridgehead atoms. The Bertz CT molecular complexity index is 1350. The predicted molar refractivity (Wildman–Crippen MR) is 150 cm³/mol. The predicted octanol–water partition coefficient (Wildman–Crippen LogP) is 6.35. The SMILES string of the molecule is CCN(Cc1ccc(C)cc1)C(=O)C(CCN1CCC2(CC1)OC(=O)Nc1ccc(F)cc12)c1ccc(F)cc1. The summed E-state index contributed by atoms with van der Waals surface area (Å²) in [5.74, 6) is -1.11. The molecule has 0 aromatic heterocycles. The summed E-state index contributed by atoms with van der Waals surface area (Å²) in [5.41, 5.74) is 3.41. The molecule has 1 N–H and O–H groups in total. The number of carbonyl (C=O) groups excluding carboxylic acids is 2. The number of ether oxygens (including phenoxy) is 1. The first-order valence-corrected chi connectivity index (χ1v) is 13.9. The molecule has 210 valence electrons. The number of carbonyl (C=O) groups is 2. The lowest BCUT2D eigenvalue weighted by molar-refractivity contribution is -0.133. The first-order valence-electron chi connectivity index (χ1n) is 13.9. The van der Waals surface area contributed by atoms with Crippen LogP contribution in [0.25, 0.3) is 0 Å². The summed E-state index contributed by atoms with van der Waals surface area (Å²) in [6.07, 6.45) is 1.10. The number of anilines is 1. The van der Waals surface area contributed by atoms with Crippen molar-refractivity contribution in [1.29, 1.82) is 0 Å². The van der Waals surface area contributed by atoms with Crippen LogP contribution in [0.4, 0.5) is 19.3 Å². The molecule has 6 nitrogen and oxygen atoms in total. The van der Waals surface area contributed by atoms with Crippen molar-refractivity contribution < 1.29 is 23.1 Å². The minimum atomic E-state index is -0.866. The first-order chi connectivity index (χ1) is 19.3. The van der Waals surface area contributed by atoms with E-state index in [0.29, 0.717) is 63.2 Å². The normalized spacial score (nSPS) is 17.1. The highest BCUT2D eigenvalue weighted by Crippen LogP contribution is 2.44. The second-order valence-corrected chi connectivity index (χ2v) is 10.8. The number of hydrogen-bond donors (Lipinski definition) is 1. The Morgan fingerprint density at radius 3 is 2.38 bits per heavy atom. The molecule has 1 fully saturated rings. The van der Waals surface area contributed by atoms with E-state index in [1.807, 2.05) is 43.0 Å². The Balaban J connectivity index is 1.29. The minimum Gasteiger partial charge on any atom is -0.438 e. The summed E-state index contributed by atoms with van der Waals surface area (Å²) in [6.45, 7) is 6.99. The van der Waals surface area contributed by atoms with Gasteiger partial charge in [-0.1, -0.05) is 42.0 Å². The summed E-state index contributed by atoms with van der Waals surface area (Å²) >= 11 is 0. The summed E-state index contributed by atoms with van der Waals surface area (Å²) in [7, 11) is 0. The topological polar surface area (TPSA) is 61.9 Å². The molecule has 5 rings (SSSR count). The average Bonchev–Trinajstić information content (AvgIpc) is 2.95. The molecule has 1 saturated heterocycles. The molecule has 8 heteroatoms. The maximum atomic E-state index is 14.1. The van der Waals surface area contributed by atoms with Gasteiger partial charge >= 0.3 is 6.09 Å².